The average molecular weight is 352 g/mol. The summed E-state index contributed by atoms with van der Waals surface area (Å²) in [6.45, 7) is 2.56. The van der Waals surface area contributed by atoms with Gasteiger partial charge in [-0.05, 0) is 38.3 Å². The summed E-state index contributed by atoms with van der Waals surface area (Å²) in [5.41, 5.74) is 2.39. The lowest BCUT2D eigenvalue weighted by molar-refractivity contribution is 0.159. The van der Waals surface area contributed by atoms with Crippen LogP contribution in [0.3, 0.4) is 0 Å². The molecule has 3 heterocycles. The molecule has 0 unspecified atom stereocenters. The van der Waals surface area contributed by atoms with Crippen molar-refractivity contribution in [2.45, 2.75) is 32.2 Å². The van der Waals surface area contributed by atoms with Gasteiger partial charge in [-0.2, -0.15) is 0 Å². The van der Waals surface area contributed by atoms with Gasteiger partial charge in [0.25, 0.3) is 0 Å². The molecule has 26 heavy (non-hydrogen) atoms. The molecule has 7 heteroatoms. The van der Waals surface area contributed by atoms with E-state index in [0.717, 1.165) is 36.3 Å². The molecule has 0 spiro atoms. The number of carbonyl (C=O) groups excluding carboxylic acids is 1. The van der Waals surface area contributed by atoms with Crippen molar-refractivity contribution in [2.75, 3.05) is 11.9 Å². The normalized spacial score (nSPS) is 17.3. The van der Waals surface area contributed by atoms with E-state index in [2.05, 4.69) is 15.5 Å². The molecule has 0 saturated carbocycles. The first kappa shape index (κ1) is 16.4. The fourth-order valence-corrected chi connectivity index (χ4v) is 3.33. The third-order valence-electron chi connectivity index (χ3n) is 4.58. The van der Waals surface area contributed by atoms with Gasteiger partial charge < -0.3 is 19.2 Å². The van der Waals surface area contributed by atoms with Crippen molar-refractivity contribution in [1.29, 1.82) is 0 Å². The molecule has 1 saturated heterocycles. The number of piperidine rings is 1. The fourth-order valence-electron chi connectivity index (χ4n) is 3.33. The number of anilines is 1. The summed E-state index contributed by atoms with van der Waals surface area (Å²) in [5.74, 6) is 1.42. The molecule has 2 aromatic heterocycles. The second kappa shape index (κ2) is 7.03. The lowest BCUT2D eigenvalue weighted by Crippen LogP contribution is -2.41. The number of urea groups is 1. The Hall–Kier alpha value is -3.09. The van der Waals surface area contributed by atoms with E-state index in [1.54, 1.807) is 6.20 Å². The van der Waals surface area contributed by atoms with E-state index in [4.69, 9.17) is 8.94 Å². The van der Waals surface area contributed by atoms with Gasteiger partial charge in [0.15, 0.2) is 12.2 Å². The summed E-state index contributed by atoms with van der Waals surface area (Å²) in [4.78, 5) is 18.6. The van der Waals surface area contributed by atoms with Crippen molar-refractivity contribution >= 4 is 11.7 Å². The molecule has 1 aliphatic rings. The van der Waals surface area contributed by atoms with Crippen LogP contribution >= 0.6 is 0 Å². The zero-order valence-electron chi connectivity index (χ0n) is 14.5. The molecule has 1 N–H and O–H groups in total. The number of rotatable bonds is 3. The van der Waals surface area contributed by atoms with Crippen molar-refractivity contribution in [1.82, 2.24) is 15.0 Å². The molecule has 7 nitrogen and oxygen atoms in total. The number of likely N-dealkylation sites (tertiary alicyclic amines) is 1. The van der Waals surface area contributed by atoms with Crippen molar-refractivity contribution in [2.24, 2.45) is 0 Å². The number of amides is 2. The number of aromatic nitrogens is 2. The molecular formula is C19H20N4O3. The molecule has 134 valence electrons. The molecule has 0 bridgehead atoms. The van der Waals surface area contributed by atoms with E-state index in [1.165, 1.54) is 6.39 Å². The quantitative estimate of drug-likeness (QED) is 0.755. The highest BCUT2D eigenvalue weighted by molar-refractivity contribution is 5.90. The van der Waals surface area contributed by atoms with E-state index < -0.39 is 0 Å². The van der Waals surface area contributed by atoms with Gasteiger partial charge in [-0.3, -0.25) is 0 Å². The molecule has 1 atom stereocenters. The topological polar surface area (TPSA) is 84.4 Å². The van der Waals surface area contributed by atoms with Crippen molar-refractivity contribution in [3.63, 3.8) is 0 Å². The Morgan fingerprint density at radius 3 is 3.00 bits per heavy atom. The van der Waals surface area contributed by atoms with E-state index in [1.807, 2.05) is 42.2 Å². The van der Waals surface area contributed by atoms with Gasteiger partial charge in [0, 0.05) is 23.9 Å². The highest BCUT2D eigenvalue weighted by Crippen LogP contribution is 2.31. The van der Waals surface area contributed by atoms with E-state index in [-0.39, 0.29) is 12.1 Å². The van der Waals surface area contributed by atoms with Gasteiger partial charge in [-0.15, -0.1) is 0 Å². The summed E-state index contributed by atoms with van der Waals surface area (Å²) < 4.78 is 10.5. The number of nitrogens with one attached hydrogen (secondary N) is 1. The summed E-state index contributed by atoms with van der Waals surface area (Å²) in [6, 6.07) is 9.24. The van der Waals surface area contributed by atoms with Gasteiger partial charge in [0.05, 0.1) is 12.2 Å². The van der Waals surface area contributed by atoms with Crippen LogP contribution in [0.2, 0.25) is 0 Å². The largest absolute Gasteiger partial charge is 0.444 e. The highest BCUT2D eigenvalue weighted by atomic mass is 16.5. The van der Waals surface area contributed by atoms with E-state index in [0.29, 0.717) is 18.0 Å². The third kappa shape index (κ3) is 3.33. The molecule has 1 aliphatic heterocycles. The minimum Gasteiger partial charge on any atom is -0.444 e. The van der Waals surface area contributed by atoms with Gasteiger partial charge in [-0.1, -0.05) is 17.3 Å². The highest BCUT2D eigenvalue weighted by Gasteiger charge is 2.30. The minimum absolute atomic E-state index is 0.0568. The number of hydrogen-bond donors (Lipinski definition) is 1. The summed E-state index contributed by atoms with van der Waals surface area (Å²) >= 11 is 0. The molecule has 2 amide bonds. The Labute approximate surface area is 151 Å². The molecule has 1 fully saturated rings. The second-order valence-corrected chi connectivity index (χ2v) is 6.44. The zero-order chi connectivity index (χ0) is 17.9. The number of benzene rings is 1. The molecule has 0 radical (unpaired) electrons. The van der Waals surface area contributed by atoms with Crippen molar-refractivity contribution < 1.29 is 13.7 Å². The second-order valence-electron chi connectivity index (χ2n) is 6.44. The van der Waals surface area contributed by atoms with Crippen LogP contribution in [0.4, 0.5) is 10.5 Å². The fraction of sp³-hybridized carbons (Fsp3) is 0.316. The minimum atomic E-state index is -0.134. The first-order valence-electron chi connectivity index (χ1n) is 8.70. The van der Waals surface area contributed by atoms with Crippen LogP contribution in [0.5, 0.6) is 0 Å². The molecule has 4 rings (SSSR count). The zero-order valence-corrected chi connectivity index (χ0v) is 14.5. The summed E-state index contributed by atoms with van der Waals surface area (Å²) in [7, 11) is 0. The molecule has 3 aromatic rings. The van der Waals surface area contributed by atoms with Crippen LogP contribution in [0.1, 0.15) is 36.8 Å². The van der Waals surface area contributed by atoms with Crippen LogP contribution in [0.25, 0.3) is 11.3 Å². The van der Waals surface area contributed by atoms with Crippen molar-refractivity contribution in [3.05, 3.63) is 54.4 Å². The number of aryl methyl sites for hydroxylation is 1. The summed E-state index contributed by atoms with van der Waals surface area (Å²) in [5, 5.41) is 7.10. The lowest BCUT2D eigenvalue weighted by Gasteiger charge is -2.34. The maximum atomic E-state index is 12.9. The first-order valence-corrected chi connectivity index (χ1v) is 8.70. The first-order chi connectivity index (χ1) is 12.7. The Balaban J connectivity index is 1.52. The van der Waals surface area contributed by atoms with Crippen LogP contribution in [-0.4, -0.2) is 27.6 Å². The van der Waals surface area contributed by atoms with Crippen LogP contribution in [0, 0.1) is 6.92 Å². The number of oxazole rings is 1. The Morgan fingerprint density at radius 2 is 2.23 bits per heavy atom. The average Bonchev–Trinajstić information content (AvgIpc) is 3.34. The van der Waals surface area contributed by atoms with Gasteiger partial charge in [0.2, 0.25) is 0 Å². The molecule has 1 aromatic carbocycles. The van der Waals surface area contributed by atoms with Gasteiger partial charge in [0.1, 0.15) is 11.5 Å². The monoisotopic (exact) mass is 352 g/mol. The Bertz CT molecular complexity index is 888. The van der Waals surface area contributed by atoms with Crippen molar-refractivity contribution in [3.8, 4) is 11.3 Å². The van der Waals surface area contributed by atoms with Crippen LogP contribution in [-0.2, 0) is 0 Å². The third-order valence-corrected chi connectivity index (χ3v) is 4.58. The molecular weight excluding hydrogens is 332 g/mol. The van der Waals surface area contributed by atoms with Crippen LogP contribution in [0.15, 0.2) is 51.9 Å². The number of nitrogens with zero attached hydrogens (tertiary/aromatic N) is 3. The van der Waals surface area contributed by atoms with Gasteiger partial charge in [-0.25, -0.2) is 9.78 Å². The maximum absolute atomic E-state index is 12.9. The smallest absolute Gasteiger partial charge is 0.322 e. The molecule has 0 aliphatic carbocycles. The lowest BCUT2D eigenvalue weighted by atomic mass is 9.99. The number of hydrogen-bond acceptors (Lipinski definition) is 5. The van der Waals surface area contributed by atoms with E-state index in [9.17, 15) is 4.79 Å². The standard InChI is InChI=1S/C19H20N4O3/c1-13-9-16(22-26-13)17-7-2-3-8-23(17)19(24)21-15-6-4-5-14(10-15)18-11-20-12-25-18/h4-6,9-12,17H,2-3,7-8H2,1H3,(H,21,24)/t17-/m1/s1. The number of carbonyl (C=O) groups is 1. The predicted octanol–water partition coefficient (Wildman–Crippen LogP) is 4.40. The van der Waals surface area contributed by atoms with E-state index >= 15 is 0 Å². The Morgan fingerprint density at radius 1 is 1.31 bits per heavy atom. The van der Waals surface area contributed by atoms with Gasteiger partial charge >= 0.3 is 6.03 Å². The SMILES string of the molecule is Cc1cc([C@H]2CCCCN2C(=O)Nc2cccc(-c3cnco3)c2)no1. The maximum Gasteiger partial charge on any atom is 0.322 e. The predicted molar refractivity (Wildman–Crippen MR) is 95.5 cm³/mol. The Kier molecular flexibility index (Phi) is 4.43. The summed E-state index contributed by atoms with van der Waals surface area (Å²) in [6.07, 6.45) is 5.98. The van der Waals surface area contributed by atoms with Crippen LogP contribution < -0.4 is 5.32 Å².